The van der Waals surface area contributed by atoms with Crippen LogP contribution in [-0.4, -0.2) is 200 Å². The summed E-state index contributed by atoms with van der Waals surface area (Å²) in [5.74, 6) is -7.86. The lowest BCUT2D eigenvalue weighted by atomic mass is 9.84. The first-order valence-electron chi connectivity index (χ1n) is 30.8. The van der Waals surface area contributed by atoms with Gasteiger partial charge in [0.2, 0.25) is 11.8 Å². The minimum atomic E-state index is -2.41. The Hall–Kier alpha value is -6.82. The second-order valence-electron chi connectivity index (χ2n) is 22.9. The van der Waals surface area contributed by atoms with Crippen molar-refractivity contribution >= 4 is 59.1 Å². The Balaban J connectivity index is 0.750. The zero-order chi connectivity index (χ0) is 66.2. The van der Waals surface area contributed by atoms with Crippen molar-refractivity contribution in [2.75, 3.05) is 62.4 Å². The number of benzene rings is 5. The lowest BCUT2D eigenvalue weighted by Gasteiger charge is -2.47. The highest BCUT2D eigenvalue weighted by Gasteiger charge is 2.57. The molecule has 2 aliphatic rings. The van der Waals surface area contributed by atoms with Crippen LogP contribution >= 0.6 is 23.5 Å². The predicted octanol–water partition coefficient (Wildman–Crippen LogP) is 3.93. The molecule has 92 heavy (non-hydrogen) atoms. The van der Waals surface area contributed by atoms with Crippen LogP contribution < -0.4 is 31.9 Å². The van der Waals surface area contributed by atoms with Crippen molar-refractivity contribution < 1.29 is 83.5 Å². The van der Waals surface area contributed by atoms with Crippen LogP contribution in [0.4, 0.5) is 0 Å². The fourth-order valence-corrected chi connectivity index (χ4v) is 12.4. The van der Waals surface area contributed by atoms with Gasteiger partial charge in [0, 0.05) is 94.5 Å². The minimum Gasteiger partial charge on any atom is -0.477 e. The van der Waals surface area contributed by atoms with Gasteiger partial charge in [0.1, 0.15) is 12.2 Å². The van der Waals surface area contributed by atoms with Crippen molar-refractivity contribution in [2.24, 2.45) is 5.92 Å². The van der Waals surface area contributed by atoms with Crippen LogP contribution in [0.2, 0.25) is 0 Å². The number of carbonyl (C=O) groups excluding carboxylic acids is 4. The number of ether oxygens (including phenoxy) is 4. The molecule has 0 bridgehead atoms. The average molecular weight is 1310 g/mol. The summed E-state index contributed by atoms with van der Waals surface area (Å²) >= 11 is 3.28. The Morgan fingerprint density at radius 1 is 0.533 bits per heavy atom. The van der Waals surface area contributed by atoms with E-state index in [9.17, 15) is 64.5 Å². The fraction of sp³-hybridized carbons (Fsp3) is 0.463. The van der Waals surface area contributed by atoms with E-state index in [0.29, 0.717) is 61.7 Å². The maximum Gasteiger partial charge on any atom is 0.364 e. The zero-order valence-electron chi connectivity index (χ0n) is 51.8. The van der Waals surface area contributed by atoms with E-state index in [-0.39, 0.29) is 19.8 Å². The first kappa shape index (κ1) is 72.6. The molecule has 0 aromatic heterocycles. The molecule has 5 aromatic carbocycles. The predicted molar refractivity (Wildman–Crippen MR) is 348 cm³/mol. The molecule has 12 atom stereocenters. The van der Waals surface area contributed by atoms with Crippen LogP contribution in [0.15, 0.2) is 133 Å². The summed E-state index contributed by atoms with van der Waals surface area (Å²) in [6.07, 6.45) is -10.8. The van der Waals surface area contributed by atoms with E-state index in [0.717, 1.165) is 44.9 Å². The second kappa shape index (κ2) is 36.0. The lowest BCUT2D eigenvalue weighted by Crippen LogP contribution is -2.68. The zero-order valence-corrected chi connectivity index (χ0v) is 53.5. The number of hydrogen-bond donors (Lipinski definition) is 13. The Kier molecular flexibility index (Phi) is 28.4. The van der Waals surface area contributed by atoms with Gasteiger partial charge >= 0.3 is 11.9 Å². The van der Waals surface area contributed by atoms with Gasteiger partial charge in [-0.05, 0) is 82.0 Å². The number of carbonyl (C=O) groups is 6. The van der Waals surface area contributed by atoms with E-state index >= 15 is 0 Å². The molecular formula is C67H86N6O17S2. The average Bonchev–Trinajstić information content (AvgIpc) is 0.797. The topological polar surface area (TPSA) is 353 Å². The SMILES string of the molecule is CC(=O)N[C@H]1[C@H]([C@H](C)[C@H](O)CNC(=O)c2ccc(-c3ccccc3)cc2)O[C@@](OCCCSCCNCc2ccc(CNCCSCCCO[C@]3(C(=O)O)C[C@H](O)[C@@H](NC(C)=O)[C@H]([C@H](O)[C@H](O)CNC(=O)c4ccc(-c5ccccc5)cc4)O3)cc2)(C(=O)O)C[C@@H]1O. The highest BCUT2D eigenvalue weighted by atomic mass is 32.2. The van der Waals surface area contributed by atoms with Crippen molar-refractivity contribution in [3.63, 3.8) is 0 Å². The van der Waals surface area contributed by atoms with Crippen LogP contribution in [0.25, 0.3) is 22.3 Å². The van der Waals surface area contributed by atoms with Gasteiger partial charge in [0.25, 0.3) is 23.4 Å². The van der Waals surface area contributed by atoms with E-state index in [1.54, 1.807) is 66.8 Å². The van der Waals surface area contributed by atoms with Crippen molar-refractivity contribution in [1.82, 2.24) is 31.9 Å². The standard InChI is InChI=1S/C67H86N6O17S2/c1-42(55(78)40-70-62(81)51-24-20-49(21-25-51)47-12-6-4-7-13-47)60-57(72-43(2)74)53(76)36-66(89-60,64(83)84)87-30-10-32-91-34-28-68-38-45-16-18-46(19-17-45)39-69-29-35-92-33-11-31-88-67(65(85)86)37-54(77)58(73-44(3)75)61(90-67)59(80)56(79)41-71-63(82)52-26-22-50(23-27-52)48-14-8-5-9-15-48/h4-9,12-27,42,53-61,68-69,76-80H,10-11,28-41H2,1-3H3,(H,70,81)(H,71,82)(H,72,74)(H,73,75)(H,83,84)(H,85,86)/t42-,53+,54+,55-,56-,57-,58-,59-,60+,61-,66-,67-/m1/s1. The number of aliphatic hydroxyl groups excluding tert-OH is 5. The van der Waals surface area contributed by atoms with E-state index in [1.165, 1.54) is 13.8 Å². The van der Waals surface area contributed by atoms with Gasteiger partial charge in [0.05, 0.1) is 55.8 Å². The third kappa shape index (κ3) is 21.1. The molecule has 25 heteroatoms. The largest absolute Gasteiger partial charge is 0.477 e. The highest BCUT2D eigenvalue weighted by molar-refractivity contribution is 7.99. The summed E-state index contributed by atoms with van der Waals surface area (Å²) in [7, 11) is 0. The highest BCUT2D eigenvalue weighted by Crippen LogP contribution is 2.37. The van der Waals surface area contributed by atoms with E-state index in [4.69, 9.17) is 18.9 Å². The van der Waals surface area contributed by atoms with Crippen LogP contribution in [0, 0.1) is 5.92 Å². The molecular weight excluding hydrogens is 1220 g/mol. The monoisotopic (exact) mass is 1310 g/mol. The van der Waals surface area contributed by atoms with Crippen LogP contribution in [0.3, 0.4) is 0 Å². The molecule has 0 unspecified atom stereocenters. The number of nitrogens with one attached hydrogen (secondary N) is 6. The van der Waals surface area contributed by atoms with E-state index < -0.39 is 127 Å². The number of rotatable bonds is 36. The number of aliphatic carboxylic acids is 2. The lowest BCUT2D eigenvalue weighted by molar-refractivity contribution is -0.310. The number of carboxylic acid groups (broad SMARTS) is 2. The molecule has 5 aromatic rings. The maximum atomic E-state index is 13.1. The molecule has 4 amide bonds. The fourth-order valence-electron chi connectivity index (χ4n) is 10.8. The Morgan fingerprint density at radius 2 is 0.913 bits per heavy atom. The molecule has 2 aliphatic heterocycles. The summed E-state index contributed by atoms with van der Waals surface area (Å²) in [5, 5.41) is 94.1. The molecule has 0 spiro atoms. The van der Waals surface area contributed by atoms with Crippen molar-refractivity contribution in [1.29, 1.82) is 0 Å². The summed E-state index contributed by atoms with van der Waals surface area (Å²) < 4.78 is 23.7. The van der Waals surface area contributed by atoms with E-state index in [2.05, 4.69) is 56.2 Å². The summed E-state index contributed by atoms with van der Waals surface area (Å²) in [6, 6.07) is 38.9. The van der Waals surface area contributed by atoms with Gasteiger partial charge in [-0.25, -0.2) is 9.59 Å². The molecule has 0 radical (unpaired) electrons. The van der Waals surface area contributed by atoms with Gasteiger partial charge < -0.3 is 86.6 Å². The molecule has 7 rings (SSSR count). The number of thioether (sulfide) groups is 2. The minimum absolute atomic E-state index is 0.00298. The number of aliphatic hydroxyl groups is 5. The van der Waals surface area contributed by atoms with Gasteiger partial charge in [0.15, 0.2) is 0 Å². The third-order valence-electron chi connectivity index (χ3n) is 15.9. The summed E-state index contributed by atoms with van der Waals surface area (Å²) in [4.78, 5) is 76.0. The first-order valence-corrected chi connectivity index (χ1v) is 33.1. The molecule has 498 valence electrons. The normalized spacial score (nSPS) is 22.7. The van der Waals surface area contributed by atoms with Gasteiger partial charge in [-0.15, -0.1) is 0 Å². The van der Waals surface area contributed by atoms with Crippen molar-refractivity contribution in [3.05, 3.63) is 156 Å². The molecule has 2 heterocycles. The molecule has 23 nitrogen and oxygen atoms in total. The second-order valence-corrected chi connectivity index (χ2v) is 25.3. The third-order valence-corrected chi connectivity index (χ3v) is 18.0. The van der Waals surface area contributed by atoms with Crippen LogP contribution in [0.1, 0.15) is 78.3 Å². The Bertz CT molecular complexity index is 2930. The van der Waals surface area contributed by atoms with Gasteiger partial charge in [-0.1, -0.05) is 116 Å². The molecule has 2 fully saturated rings. The van der Waals surface area contributed by atoms with Crippen molar-refractivity contribution in [2.45, 2.75) is 126 Å². The maximum absolute atomic E-state index is 13.1. The smallest absolute Gasteiger partial charge is 0.364 e. The number of hydrogen-bond acceptors (Lipinski definition) is 19. The molecule has 13 N–H and O–H groups in total. The first-order chi connectivity index (χ1) is 44.2. The van der Waals surface area contributed by atoms with Crippen LogP contribution in [0.5, 0.6) is 0 Å². The van der Waals surface area contributed by atoms with Gasteiger partial charge in [-0.2, -0.15) is 23.5 Å². The number of amides is 4. The van der Waals surface area contributed by atoms with Crippen molar-refractivity contribution in [3.8, 4) is 22.3 Å². The quantitative estimate of drug-likeness (QED) is 0.0253. The Morgan fingerprint density at radius 3 is 1.32 bits per heavy atom. The van der Waals surface area contributed by atoms with E-state index in [1.807, 2.05) is 72.8 Å². The number of carboxylic acids is 2. The molecule has 0 saturated carbocycles. The summed E-state index contributed by atoms with van der Waals surface area (Å²) in [6.45, 7) is 5.95. The van der Waals surface area contributed by atoms with Gasteiger partial charge in [-0.3, -0.25) is 19.2 Å². The molecule has 0 aliphatic carbocycles. The molecule has 2 saturated heterocycles. The summed E-state index contributed by atoms with van der Waals surface area (Å²) in [5.41, 5.74) is 6.65. The Labute approximate surface area is 544 Å². The van der Waals surface area contributed by atoms with Crippen LogP contribution in [-0.2, 0) is 51.2 Å².